The van der Waals surface area contributed by atoms with Gasteiger partial charge in [-0.15, -0.1) is 10.2 Å². The van der Waals surface area contributed by atoms with Gasteiger partial charge in [-0.3, -0.25) is 9.59 Å². The molecule has 34 heavy (non-hydrogen) atoms. The van der Waals surface area contributed by atoms with Crippen molar-refractivity contribution in [3.8, 4) is 17.2 Å². The van der Waals surface area contributed by atoms with E-state index in [-0.39, 0.29) is 11.8 Å². The molecule has 0 saturated carbocycles. The lowest BCUT2D eigenvalue weighted by Crippen LogP contribution is -2.22. The van der Waals surface area contributed by atoms with Gasteiger partial charge in [0.05, 0.1) is 21.3 Å². The number of aryl methyl sites for hydroxylation is 2. The van der Waals surface area contributed by atoms with E-state index in [1.807, 2.05) is 31.2 Å². The molecule has 0 radical (unpaired) electrons. The molecule has 3 rings (SSSR count). The zero-order valence-electron chi connectivity index (χ0n) is 19.6. The third kappa shape index (κ3) is 6.67. The molecule has 2 N–H and O–H groups in total. The lowest BCUT2D eigenvalue weighted by molar-refractivity contribution is -0.121. The van der Waals surface area contributed by atoms with Crippen molar-refractivity contribution in [1.82, 2.24) is 15.5 Å². The van der Waals surface area contributed by atoms with Crippen LogP contribution >= 0.6 is 11.3 Å². The number of hydrogen-bond donors (Lipinski definition) is 2. The summed E-state index contributed by atoms with van der Waals surface area (Å²) < 4.78 is 16.0. The maximum Gasteiger partial charge on any atom is 0.286 e. The molecule has 0 fully saturated rings. The van der Waals surface area contributed by atoms with Crippen molar-refractivity contribution in [1.29, 1.82) is 0 Å². The van der Waals surface area contributed by atoms with Crippen LogP contribution in [0, 0.1) is 6.92 Å². The summed E-state index contributed by atoms with van der Waals surface area (Å²) in [7, 11) is 4.63. The largest absolute Gasteiger partial charge is 0.493 e. The Morgan fingerprint density at radius 1 is 0.971 bits per heavy atom. The van der Waals surface area contributed by atoms with Crippen LogP contribution in [-0.4, -0.2) is 43.3 Å². The molecule has 1 aromatic heterocycles. The number of nitrogens with one attached hydrogen (secondary N) is 2. The third-order valence-electron chi connectivity index (χ3n) is 4.98. The van der Waals surface area contributed by atoms with Gasteiger partial charge in [0.1, 0.15) is 5.01 Å². The Hall–Kier alpha value is -3.66. The van der Waals surface area contributed by atoms with Crippen molar-refractivity contribution in [3.63, 3.8) is 0 Å². The van der Waals surface area contributed by atoms with Gasteiger partial charge in [0.15, 0.2) is 11.5 Å². The molecule has 0 aliphatic carbocycles. The van der Waals surface area contributed by atoms with E-state index in [0.717, 1.165) is 11.1 Å². The van der Waals surface area contributed by atoms with E-state index in [4.69, 9.17) is 14.2 Å². The topological polar surface area (TPSA) is 112 Å². The highest BCUT2D eigenvalue weighted by molar-refractivity contribution is 7.13. The van der Waals surface area contributed by atoms with Crippen molar-refractivity contribution in [2.45, 2.75) is 32.7 Å². The molecule has 0 aliphatic heterocycles. The number of carbonyl (C=O) groups is 2. The minimum atomic E-state index is -0.296. The highest BCUT2D eigenvalue weighted by atomic mass is 32.1. The molecular weight excluding hydrogens is 456 g/mol. The van der Waals surface area contributed by atoms with Crippen LogP contribution in [0.25, 0.3) is 0 Å². The molecule has 2 amide bonds. The lowest BCUT2D eigenvalue weighted by Gasteiger charge is -2.14. The van der Waals surface area contributed by atoms with Crippen molar-refractivity contribution >= 4 is 28.8 Å². The van der Waals surface area contributed by atoms with Crippen LogP contribution in [0.2, 0.25) is 0 Å². The summed E-state index contributed by atoms with van der Waals surface area (Å²) in [6, 6.07) is 11.1. The maximum absolute atomic E-state index is 12.4. The number of methoxy groups -OCH3 is 3. The highest BCUT2D eigenvalue weighted by Gasteiger charge is 2.15. The Morgan fingerprint density at radius 3 is 2.26 bits per heavy atom. The molecule has 2 aromatic carbocycles. The maximum atomic E-state index is 12.4. The predicted octanol–water partition coefficient (Wildman–Crippen LogP) is 3.76. The molecule has 0 unspecified atom stereocenters. The van der Waals surface area contributed by atoms with Crippen molar-refractivity contribution in [2.75, 3.05) is 26.6 Å². The second kappa shape index (κ2) is 12.0. The number of hydrogen-bond acceptors (Lipinski definition) is 8. The van der Waals surface area contributed by atoms with Gasteiger partial charge in [-0.2, -0.15) is 0 Å². The second-order valence-electron chi connectivity index (χ2n) is 7.48. The van der Waals surface area contributed by atoms with E-state index in [9.17, 15) is 9.59 Å². The van der Waals surface area contributed by atoms with Crippen LogP contribution in [0.4, 0.5) is 5.69 Å². The zero-order valence-corrected chi connectivity index (χ0v) is 20.5. The number of rotatable bonds is 11. The molecular formula is C24H28N4O5S. The van der Waals surface area contributed by atoms with Crippen LogP contribution in [-0.2, 0) is 17.8 Å². The molecule has 180 valence electrons. The smallest absolute Gasteiger partial charge is 0.286 e. The van der Waals surface area contributed by atoms with Crippen LogP contribution in [0.3, 0.4) is 0 Å². The summed E-state index contributed by atoms with van der Waals surface area (Å²) in [6.45, 7) is 2.31. The summed E-state index contributed by atoms with van der Waals surface area (Å²) in [5.74, 6) is 1.18. The minimum absolute atomic E-state index is 0.0874. The standard InChI is InChI=1S/C24H28N4O5S/c1-15-8-10-17(11-9-15)26-23(30)24-28-27-21(34-24)7-5-6-20(29)25-14-16-12-18(31-2)22(33-4)19(13-16)32-3/h8-13H,5-7,14H2,1-4H3,(H,25,29)(H,26,30). The van der Waals surface area contributed by atoms with Gasteiger partial charge >= 0.3 is 0 Å². The summed E-state index contributed by atoms with van der Waals surface area (Å²) in [5.41, 5.74) is 2.65. The second-order valence-corrected chi connectivity index (χ2v) is 8.55. The summed E-state index contributed by atoms with van der Waals surface area (Å²) in [5, 5.41) is 14.8. The summed E-state index contributed by atoms with van der Waals surface area (Å²) in [4.78, 5) is 24.6. The highest BCUT2D eigenvalue weighted by Crippen LogP contribution is 2.38. The average molecular weight is 485 g/mol. The molecule has 9 nitrogen and oxygen atoms in total. The van der Waals surface area contributed by atoms with E-state index in [2.05, 4.69) is 20.8 Å². The van der Waals surface area contributed by atoms with Crippen LogP contribution < -0.4 is 24.8 Å². The van der Waals surface area contributed by atoms with Gasteiger partial charge in [-0.1, -0.05) is 29.0 Å². The van der Waals surface area contributed by atoms with Crippen LogP contribution in [0.1, 0.15) is 38.8 Å². The first-order valence-electron chi connectivity index (χ1n) is 10.7. The molecule has 10 heteroatoms. The number of anilines is 1. The number of benzene rings is 2. The number of aromatic nitrogens is 2. The number of ether oxygens (including phenoxy) is 3. The fourth-order valence-electron chi connectivity index (χ4n) is 3.19. The Bertz CT molecular complexity index is 1110. The SMILES string of the molecule is COc1cc(CNC(=O)CCCc2nnc(C(=O)Nc3ccc(C)cc3)s2)cc(OC)c1OC. The van der Waals surface area contributed by atoms with E-state index < -0.39 is 0 Å². The van der Waals surface area contributed by atoms with Gasteiger partial charge in [0, 0.05) is 25.1 Å². The van der Waals surface area contributed by atoms with Crippen LogP contribution in [0.15, 0.2) is 36.4 Å². The fraction of sp³-hybridized carbons (Fsp3) is 0.333. The predicted molar refractivity (Wildman–Crippen MR) is 130 cm³/mol. The first-order chi connectivity index (χ1) is 16.4. The number of amides is 2. The number of carbonyl (C=O) groups excluding carboxylic acids is 2. The number of nitrogens with zero attached hydrogens (tertiary/aromatic N) is 2. The van der Waals surface area contributed by atoms with Gasteiger partial charge in [-0.05, 0) is 43.2 Å². The first kappa shape index (κ1) is 25.0. The Kier molecular flexibility index (Phi) is 8.80. The molecule has 0 atom stereocenters. The van der Waals surface area contributed by atoms with Gasteiger partial charge in [0.25, 0.3) is 5.91 Å². The molecule has 3 aromatic rings. The van der Waals surface area contributed by atoms with E-state index >= 15 is 0 Å². The van der Waals surface area contributed by atoms with Crippen LogP contribution in [0.5, 0.6) is 17.2 Å². The lowest BCUT2D eigenvalue weighted by atomic mass is 10.1. The summed E-state index contributed by atoms with van der Waals surface area (Å²) >= 11 is 1.23. The molecule has 0 bridgehead atoms. The quantitative estimate of drug-likeness (QED) is 0.426. The summed E-state index contributed by atoms with van der Waals surface area (Å²) in [6.07, 6.45) is 1.48. The minimum Gasteiger partial charge on any atom is -0.493 e. The fourth-order valence-corrected chi connectivity index (χ4v) is 3.97. The van der Waals surface area contributed by atoms with E-state index in [1.54, 1.807) is 33.5 Å². The van der Waals surface area contributed by atoms with Crippen molar-refractivity contribution in [3.05, 3.63) is 57.5 Å². The third-order valence-corrected chi connectivity index (χ3v) is 5.96. The monoisotopic (exact) mass is 484 g/mol. The van der Waals surface area contributed by atoms with Gasteiger partial charge in [0.2, 0.25) is 16.7 Å². The zero-order chi connectivity index (χ0) is 24.5. The van der Waals surface area contributed by atoms with Gasteiger partial charge in [-0.25, -0.2) is 0 Å². The average Bonchev–Trinajstić information content (AvgIpc) is 3.32. The van der Waals surface area contributed by atoms with E-state index in [0.29, 0.717) is 58.8 Å². The first-order valence-corrected chi connectivity index (χ1v) is 11.5. The Labute approximate surface area is 202 Å². The van der Waals surface area contributed by atoms with E-state index in [1.165, 1.54) is 11.3 Å². The Morgan fingerprint density at radius 2 is 1.65 bits per heavy atom. The Balaban J connectivity index is 1.45. The molecule has 0 aliphatic rings. The molecule has 0 saturated heterocycles. The molecule has 1 heterocycles. The van der Waals surface area contributed by atoms with Crippen molar-refractivity contribution < 1.29 is 23.8 Å². The van der Waals surface area contributed by atoms with Gasteiger partial charge < -0.3 is 24.8 Å². The normalized spacial score (nSPS) is 10.5. The van der Waals surface area contributed by atoms with Crippen molar-refractivity contribution in [2.24, 2.45) is 0 Å². The molecule has 0 spiro atoms.